The van der Waals surface area contributed by atoms with Crippen molar-refractivity contribution in [1.82, 2.24) is 25.4 Å². The van der Waals surface area contributed by atoms with Gasteiger partial charge in [-0.25, -0.2) is 0 Å². The second kappa shape index (κ2) is 5.83. The van der Waals surface area contributed by atoms with Crippen LogP contribution in [0.3, 0.4) is 0 Å². The van der Waals surface area contributed by atoms with Crippen LogP contribution in [-0.2, 0) is 4.79 Å². The summed E-state index contributed by atoms with van der Waals surface area (Å²) in [4.78, 5) is 28.3. The average molecular weight is 240 g/mol. The summed E-state index contributed by atoms with van der Waals surface area (Å²) in [6, 6.07) is 0. The molecule has 0 atom stereocenters. The Hall–Kier alpha value is -2.12. The summed E-state index contributed by atoms with van der Waals surface area (Å²) in [7, 11) is 0. The van der Waals surface area contributed by atoms with Crippen molar-refractivity contribution in [2.45, 2.75) is 13.8 Å². The number of H-pyrrole nitrogens is 1. The van der Waals surface area contributed by atoms with Gasteiger partial charge in [0.05, 0.1) is 6.54 Å². The van der Waals surface area contributed by atoms with E-state index >= 15 is 0 Å². The van der Waals surface area contributed by atoms with Gasteiger partial charge in [-0.3, -0.25) is 14.7 Å². The van der Waals surface area contributed by atoms with E-state index in [0.29, 0.717) is 13.1 Å². The average Bonchev–Trinajstić information content (AvgIpc) is 2.74. The van der Waals surface area contributed by atoms with Crippen molar-refractivity contribution in [3.63, 3.8) is 0 Å². The quantitative estimate of drug-likeness (QED) is 0.609. The molecule has 8 heteroatoms. The molecule has 0 unspecified atom stereocenters. The lowest BCUT2D eigenvalue weighted by Gasteiger charge is -2.18. The van der Waals surface area contributed by atoms with E-state index < -0.39 is 5.91 Å². The molecule has 4 N–H and O–H groups in total. The number of anilines is 1. The van der Waals surface area contributed by atoms with E-state index in [1.54, 1.807) is 4.90 Å². The molecular formula is C9H16N6O2. The van der Waals surface area contributed by atoms with Crippen LogP contribution in [0.25, 0.3) is 0 Å². The molecule has 94 valence electrons. The van der Waals surface area contributed by atoms with Crippen molar-refractivity contribution in [3.8, 4) is 0 Å². The van der Waals surface area contributed by atoms with Gasteiger partial charge < -0.3 is 16.0 Å². The van der Waals surface area contributed by atoms with Gasteiger partial charge in [0, 0.05) is 13.1 Å². The zero-order valence-electron chi connectivity index (χ0n) is 9.86. The normalized spacial score (nSPS) is 10.0. The molecule has 1 rings (SSSR count). The number of amides is 2. The molecule has 0 aliphatic carbocycles. The summed E-state index contributed by atoms with van der Waals surface area (Å²) in [6.45, 7) is 4.91. The van der Waals surface area contributed by atoms with Crippen molar-refractivity contribution in [1.29, 1.82) is 0 Å². The number of nitrogens with zero attached hydrogens (tertiary/aromatic N) is 3. The fourth-order valence-electron chi connectivity index (χ4n) is 1.30. The maximum atomic E-state index is 11.6. The Morgan fingerprint density at radius 2 is 2.06 bits per heavy atom. The predicted octanol–water partition coefficient (Wildman–Crippen LogP) is -1.01. The van der Waals surface area contributed by atoms with Crippen LogP contribution in [-0.4, -0.2) is 51.5 Å². The van der Waals surface area contributed by atoms with E-state index in [1.165, 1.54) is 0 Å². The smallest absolute Gasteiger partial charge is 0.289 e. The highest BCUT2D eigenvalue weighted by atomic mass is 16.2. The van der Waals surface area contributed by atoms with Crippen molar-refractivity contribution in [2.75, 3.05) is 25.4 Å². The fraction of sp³-hybridized carbons (Fsp3) is 0.556. The summed E-state index contributed by atoms with van der Waals surface area (Å²) >= 11 is 0. The fourth-order valence-corrected chi connectivity index (χ4v) is 1.30. The summed E-state index contributed by atoms with van der Waals surface area (Å²) in [5.74, 6) is -0.661. The van der Waals surface area contributed by atoms with Crippen LogP contribution >= 0.6 is 0 Å². The molecule has 1 heterocycles. The summed E-state index contributed by atoms with van der Waals surface area (Å²) in [5, 5.41) is 8.32. The molecular weight excluding hydrogens is 224 g/mol. The van der Waals surface area contributed by atoms with Crippen LogP contribution in [0.1, 0.15) is 24.5 Å². The number of nitrogen functional groups attached to an aromatic ring is 1. The van der Waals surface area contributed by atoms with Gasteiger partial charge in [0.1, 0.15) is 0 Å². The highest BCUT2D eigenvalue weighted by Crippen LogP contribution is 1.93. The van der Waals surface area contributed by atoms with Crippen molar-refractivity contribution >= 4 is 17.8 Å². The number of nitrogens with one attached hydrogen (secondary N) is 2. The highest BCUT2D eigenvalue weighted by Gasteiger charge is 2.14. The van der Waals surface area contributed by atoms with E-state index in [4.69, 9.17) is 5.73 Å². The standard InChI is InChI=1S/C9H16N6O2/c1-3-15(4-2)6(16)5-11-8(17)7-12-9(10)14-13-7/h3-5H2,1-2H3,(H,11,17)(H3,10,12,13,14). The first-order valence-corrected chi connectivity index (χ1v) is 5.32. The maximum Gasteiger partial charge on any atom is 0.289 e. The Morgan fingerprint density at radius 1 is 1.41 bits per heavy atom. The first-order valence-electron chi connectivity index (χ1n) is 5.32. The number of aromatic amines is 1. The molecule has 0 bridgehead atoms. The number of hydrogen-bond donors (Lipinski definition) is 3. The topological polar surface area (TPSA) is 117 Å². The molecule has 0 aromatic carbocycles. The first-order chi connectivity index (χ1) is 8.08. The van der Waals surface area contributed by atoms with E-state index in [2.05, 4.69) is 20.5 Å². The SMILES string of the molecule is CCN(CC)C(=O)CNC(=O)c1nc(N)n[nH]1. The lowest BCUT2D eigenvalue weighted by Crippen LogP contribution is -2.40. The maximum absolute atomic E-state index is 11.6. The van der Waals surface area contributed by atoms with Gasteiger partial charge in [-0.15, -0.1) is 5.10 Å². The lowest BCUT2D eigenvalue weighted by molar-refractivity contribution is -0.129. The third kappa shape index (κ3) is 3.44. The zero-order chi connectivity index (χ0) is 12.8. The van der Waals surface area contributed by atoms with Crippen LogP contribution < -0.4 is 11.1 Å². The Labute approximate surface area is 98.6 Å². The Morgan fingerprint density at radius 3 is 2.53 bits per heavy atom. The number of rotatable bonds is 5. The van der Waals surface area contributed by atoms with E-state index in [0.717, 1.165) is 0 Å². The largest absolute Gasteiger partial charge is 0.366 e. The van der Waals surface area contributed by atoms with E-state index in [9.17, 15) is 9.59 Å². The van der Waals surface area contributed by atoms with Crippen LogP contribution in [0.4, 0.5) is 5.95 Å². The second-order valence-electron chi connectivity index (χ2n) is 3.29. The van der Waals surface area contributed by atoms with Crippen LogP contribution in [0.2, 0.25) is 0 Å². The number of carbonyl (C=O) groups excluding carboxylic acids is 2. The first kappa shape index (κ1) is 12.9. The third-order valence-electron chi connectivity index (χ3n) is 2.23. The minimum atomic E-state index is -0.505. The summed E-state index contributed by atoms with van der Waals surface area (Å²) in [5.41, 5.74) is 5.25. The van der Waals surface area contributed by atoms with Crippen molar-refractivity contribution in [3.05, 3.63) is 5.82 Å². The van der Waals surface area contributed by atoms with Gasteiger partial charge in [0.2, 0.25) is 17.7 Å². The monoisotopic (exact) mass is 240 g/mol. The predicted molar refractivity (Wildman–Crippen MR) is 61.1 cm³/mol. The third-order valence-corrected chi connectivity index (χ3v) is 2.23. The van der Waals surface area contributed by atoms with E-state index in [-0.39, 0.29) is 24.2 Å². The van der Waals surface area contributed by atoms with Crippen LogP contribution in [0.15, 0.2) is 0 Å². The van der Waals surface area contributed by atoms with Gasteiger partial charge in [0.25, 0.3) is 5.91 Å². The number of carbonyl (C=O) groups is 2. The number of nitrogens with two attached hydrogens (primary N) is 1. The summed E-state index contributed by atoms with van der Waals surface area (Å²) in [6.07, 6.45) is 0. The van der Waals surface area contributed by atoms with Gasteiger partial charge >= 0.3 is 0 Å². The minimum Gasteiger partial charge on any atom is -0.366 e. The molecule has 17 heavy (non-hydrogen) atoms. The molecule has 0 radical (unpaired) electrons. The number of hydrogen-bond acceptors (Lipinski definition) is 5. The van der Waals surface area contributed by atoms with E-state index in [1.807, 2.05) is 13.8 Å². The van der Waals surface area contributed by atoms with Gasteiger partial charge in [0.15, 0.2) is 0 Å². The lowest BCUT2D eigenvalue weighted by atomic mass is 10.4. The molecule has 0 aliphatic rings. The van der Waals surface area contributed by atoms with Gasteiger partial charge in [-0.2, -0.15) is 4.98 Å². The summed E-state index contributed by atoms with van der Waals surface area (Å²) < 4.78 is 0. The second-order valence-corrected chi connectivity index (χ2v) is 3.29. The minimum absolute atomic E-state index is 0.00477. The molecule has 0 spiro atoms. The molecule has 1 aromatic heterocycles. The molecule has 1 aromatic rings. The number of aromatic nitrogens is 3. The number of likely N-dealkylation sites (N-methyl/N-ethyl adjacent to an activating group) is 1. The Balaban J connectivity index is 2.46. The van der Waals surface area contributed by atoms with Crippen LogP contribution in [0, 0.1) is 0 Å². The molecule has 2 amide bonds. The molecule has 0 saturated heterocycles. The van der Waals surface area contributed by atoms with Crippen molar-refractivity contribution in [2.24, 2.45) is 0 Å². The molecule has 0 aliphatic heterocycles. The highest BCUT2D eigenvalue weighted by molar-refractivity contribution is 5.93. The van der Waals surface area contributed by atoms with Crippen LogP contribution in [0.5, 0.6) is 0 Å². The molecule has 8 nitrogen and oxygen atoms in total. The molecule has 0 fully saturated rings. The molecule has 0 saturated carbocycles. The van der Waals surface area contributed by atoms with Gasteiger partial charge in [-0.1, -0.05) is 0 Å². The van der Waals surface area contributed by atoms with Crippen molar-refractivity contribution < 1.29 is 9.59 Å². The zero-order valence-corrected chi connectivity index (χ0v) is 9.86. The Bertz CT molecular complexity index is 398. The Kier molecular flexibility index (Phi) is 4.44. The van der Waals surface area contributed by atoms with Gasteiger partial charge in [-0.05, 0) is 13.8 Å².